The molecule has 37 heavy (non-hydrogen) atoms. The van der Waals surface area contributed by atoms with Crippen LogP contribution in [0.15, 0.2) is 77.7 Å². The first-order chi connectivity index (χ1) is 17.6. The lowest BCUT2D eigenvalue weighted by molar-refractivity contribution is -0.139. The van der Waals surface area contributed by atoms with Gasteiger partial charge in [-0.15, -0.1) is 0 Å². The van der Waals surface area contributed by atoms with Crippen LogP contribution in [-0.2, 0) is 32.6 Å². The van der Waals surface area contributed by atoms with Crippen LogP contribution in [0.1, 0.15) is 25.0 Å². The molecule has 0 aliphatic rings. The molecule has 1 atom stereocenters. The predicted octanol–water partition coefficient (Wildman–Crippen LogP) is 4.91. The Labute approximate surface area is 228 Å². The van der Waals surface area contributed by atoms with E-state index in [-0.39, 0.29) is 11.4 Å². The van der Waals surface area contributed by atoms with Gasteiger partial charge in [0.15, 0.2) is 0 Å². The number of rotatable bonds is 10. The number of carbonyl (C=O) groups excluding carboxylic acids is 2. The molecule has 0 saturated carbocycles. The van der Waals surface area contributed by atoms with Gasteiger partial charge >= 0.3 is 0 Å². The highest BCUT2D eigenvalue weighted by Gasteiger charge is 2.32. The summed E-state index contributed by atoms with van der Waals surface area (Å²) in [6.07, 6.45) is 0.783. The van der Waals surface area contributed by atoms with Crippen molar-refractivity contribution in [1.29, 1.82) is 0 Å². The van der Waals surface area contributed by atoms with Crippen LogP contribution < -0.4 is 9.62 Å². The van der Waals surface area contributed by atoms with Crippen molar-refractivity contribution >= 4 is 50.7 Å². The van der Waals surface area contributed by atoms with Crippen LogP contribution in [0.4, 0.5) is 5.69 Å². The molecular weight excluding hydrogens is 533 g/mol. The Hall–Kier alpha value is -3.07. The summed E-state index contributed by atoms with van der Waals surface area (Å²) >= 11 is 12.2. The van der Waals surface area contributed by atoms with Gasteiger partial charge in [0.2, 0.25) is 11.8 Å². The Morgan fingerprint density at radius 3 is 2.11 bits per heavy atom. The first-order valence-electron chi connectivity index (χ1n) is 11.7. The fraction of sp³-hybridized carbons (Fsp3) is 0.259. The van der Waals surface area contributed by atoms with Gasteiger partial charge in [0.25, 0.3) is 10.0 Å². The standard InChI is InChI=1S/C27H29Cl2N3O4S/c1-4-20-10-13-22(14-11-20)32(37(35,36)23-8-6-5-7-9-23)18-26(33)31(19(2)27(34)30-3)17-21-12-15-24(28)25(29)16-21/h5-16,19H,4,17-18H2,1-3H3,(H,30,34)/t19-/m0/s1. The van der Waals surface area contributed by atoms with Crippen molar-refractivity contribution in [3.05, 3.63) is 94.0 Å². The summed E-state index contributed by atoms with van der Waals surface area (Å²) in [5.74, 6) is -0.945. The summed E-state index contributed by atoms with van der Waals surface area (Å²) in [6, 6.07) is 19.0. The highest BCUT2D eigenvalue weighted by Crippen LogP contribution is 2.26. The fourth-order valence-corrected chi connectivity index (χ4v) is 5.53. The molecular formula is C27H29Cl2N3O4S. The number of nitrogens with one attached hydrogen (secondary N) is 1. The SMILES string of the molecule is CCc1ccc(N(CC(=O)N(Cc2ccc(Cl)c(Cl)c2)[C@@H](C)C(=O)NC)S(=O)(=O)c2ccccc2)cc1. The molecule has 0 aromatic heterocycles. The Morgan fingerprint density at radius 1 is 0.919 bits per heavy atom. The normalized spacial score (nSPS) is 12.0. The average Bonchev–Trinajstić information content (AvgIpc) is 2.91. The predicted molar refractivity (Wildman–Crippen MR) is 147 cm³/mol. The number of carbonyl (C=O) groups is 2. The van der Waals surface area contributed by atoms with Gasteiger partial charge in [-0.3, -0.25) is 13.9 Å². The quantitative estimate of drug-likeness (QED) is 0.380. The van der Waals surface area contributed by atoms with Crippen LogP contribution in [0.5, 0.6) is 0 Å². The smallest absolute Gasteiger partial charge is 0.264 e. The molecule has 0 bridgehead atoms. The minimum atomic E-state index is -4.09. The van der Waals surface area contributed by atoms with Crippen LogP contribution in [0, 0.1) is 0 Å². The summed E-state index contributed by atoms with van der Waals surface area (Å²) in [6.45, 7) is 3.10. The van der Waals surface area contributed by atoms with Gasteiger partial charge in [-0.1, -0.05) is 66.5 Å². The number of amides is 2. The molecule has 0 saturated heterocycles. The van der Waals surface area contributed by atoms with Gasteiger partial charge in [0.05, 0.1) is 20.6 Å². The van der Waals surface area contributed by atoms with E-state index in [2.05, 4.69) is 5.32 Å². The van der Waals surface area contributed by atoms with Gasteiger partial charge in [-0.25, -0.2) is 8.42 Å². The first-order valence-corrected chi connectivity index (χ1v) is 13.9. The molecule has 0 fully saturated rings. The summed E-state index contributed by atoms with van der Waals surface area (Å²) in [5, 5.41) is 3.22. The zero-order chi connectivity index (χ0) is 27.2. The van der Waals surface area contributed by atoms with Crippen LogP contribution in [-0.4, -0.2) is 44.8 Å². The molecule has 1 N–H and O–H groups in total. The van der Waals surface area contributed by atoms with E-state index in [1.807, 2.05) is 19.1 Å². The lowest BCUT2D eigenvalue weighted by atomic mass is 10.1. The third-order valence-electron chi connectivity index (χ3n) is 5.99. The summed E-state index contributed by atoms with van der Waals surface area (Å²) in [7, 11) is -2.62. The first kappa shape index (κ1) is 28.5. The molecule has 196 valence electrons. The lowest BCUT2D eigenvalue weighted by Gasteiger charge is -2.32. The Balaban J connectivity index is 2.03. The molecule has 0 radical (unpaired) electrons. The van der Waals surface area contributed by atoms with Crippen molar-refractivity contribution in [2.45, 2.75) is 37.8 Å². The molecule has 0 aliphatic carbocycles. The number of anilines is 1. The van der Waals surface area contributed by atoms with Crippen molar-refractivity contribution < 1.29 is 18.0 Å². The van der Waals surface area contributed by atoms with Crippen molar-refractivity contribution in [3.63, 3.8) is 0 Å². The van der Waals surface area contributed by atoms with E-state index in [9.17, 15) is 18.0 Å². The molecule has 10 heteroatoms. The Bertz CT molecular complexity index is 1350. The van der Waals surface area contributed by atoms with E-state index in [1.165, 1.54) is 24.1 Å². The maximum absolute atomic E-state index is 13.7. The van der Waals surface area contributed by atoms with E-state index in [0.717, 1.165) is 16.3 Å². The third-order valence-corrected chi connectivity index (χ3v) is 8.52. The highest BCUT2D eigenvalue weighted by molar-refractivity contribution is 7.92. The van der Waals surface area contributed by atoms with Crippen LogP contribution in [0.25, 0.3) is 0 Å². The summed E-state index contributed by atoms with van der Waals surface area (Å²) < 4.78 is 28.5. The fourth-order valence-electron chi connectivity index (χ4n) is 3.77. The van der Waals surface area contributed by atoms with Crippen LogP contribution >= 0.6 is 23.2 Å². The molecule has 0 heterocycles. The van der Waals surface area contributed by atoms with Crippen molar-refractivity contribution in [1.82, 2.24) is 10.2 Å². The van der Waals surface area contributed by atoms with Gasteiger partial charge in [0.1, 0.15) is 12.6 Å². The number of nitrogens with zero attached hydrogens (tertiary/aromatic N) is 2. The lowest BCUT2D eigenvalue weighted by Crippen LogP contribution is -2.50. The number of benzene rings is 3. The van der Waals surface area contributed by atoms with Gasteiger partial charge in [0, 0.05) is 13.6 Å². The summed E-state index contributed by atoms with van der Waals surface area (Å²) in [5.41, 5.74) is 2.02. The molecule has 2 amide bonds. The zero-order valence-electron chi connectivity index (χ0n) is 20.8. The molecule has 0 unspecified atom stereocenters. The van der Waals surface area contributed by atoms with E-state index in [0.29, 0.717) is 21.3 Å². The third kappa shape index (κ3) is 6.83. The minimum absolute atomic E-state index is 0.0261. The second-order valence-corrected chi connectivity index (χ2v) is 11.1. The van der Waals surface area contributed by atoms with E-state index < -0.39 is 34.4 Å². The maximum Gasteiger partial charge on any atom is 0.264 e. The molecule has 0 spiro atoms. The number of halogens is 2. The van der Waals surface area contributed by atoms with Gasteiger partial charge in [-0.2, -0.15) is 0 Å². The van der Waals surface area contributed by atoms with Crippen LogP contribution in [0.3, 0.4) is 0 Å². The van der Waals surface area contributed by atoms with E-state index in [1.54, 1.807) is 55.5 Å². The number of aryl methyl sites for hydroxylation is 1. The van der Waals surface area contributed by atoms with E-state index in [4.69, 9.17) is 23.2 Å². The number of hydrogen-bond donors (Lipinski definition) is 1. The second-order valence-electron chi connectivity index (χ2n) is 8.41. The molecule has 0 aliphatic heterocycles. The largest absolute Gasteiger partial charge is 0.357 e. The zero-order valence-corrected chi connectivity index (χ0v) is 23.1. The maximum atomic E-state index is 13.7. The monoisotopic (exact) mass is 561 g/mol. The number of hydrogen-bond acceptors (Lipinski definition) is 4. The van der Waals surface area contributed by atoms with Crippen LogP contribution in [0.2, 0.25) is 10.0 Å². The van der Waals surface area contributed by atoms with Gasteiger partial charge < -0.3 is 10.2 Å². The average molecular weight is 563 g/mol. The topological polar surface area (TPSA) is 86.8 Å². The van der Waals surface area contributed by atoms with E-state index >= 15 is 0 Å². The number of likely N-dealkylation sites (N-methyl/N-ethyl adjacent to an activating group) is 1. The Kier molecular flexibility index (Phi) is 9.59. The second kappa shape index (κ2) is 12.4. The molecule has 3 rings (SSSR count). The van der Waals surface area contributed by atoms with Crippen molar-refractivity contribution in [2.24, 2.45) is 0 Å². The van der Waals surface area contributed by atoms with Crippen molar-refractivity contribution in [2.75, 3.05) is 17.9 Å². The molecule has 7 nitrogen and oxygen atoms in total. The molecule has 3 aromatic carbocycles. The Morgan fingerprint density at radius 2 is 1.54 bits per heavy atom. The molecule has 3 aromatic rings. The number of sulfonamides is 1. The minimum Gasteiger partial charge on any atom is -0.357 e. The van der Waals surface area contributed by atoms with Gasteiger partial charge in [-0.05, 0) is 60.9 Å². The summed E-state index contributed by atoms with van der Waals surface area (Å²) in [4.78, 5) is 27.6. The highest BCUT2D eigenvalue weighted by atomic mass is 35.5. The van der Waals surface area contributed by atoms with Crippen molar-refractivity contribution in [3.8, 4) is 0 Å².